The number of nitrogens with zero attached hydrogens (tertiary/aromatic N) is 1. The van der Waals surface area contributed by atoms with E-state index in [0.717, 1.165) is 11.2 Å². The van der Waals surface area contributed by atoms with Crippen LogP contribution in [0.15, 0.2) is 223 Å². The summed E-state index contributed by atoms with van der Waals surface area (Å²) in [5.74, 6) is 0. The Morgan fingerprint density at radius 2 is 1.13 bits per heavy atom. The van der Waals surface area contributed by atoms with Crippen LogP contribution < -0.4 is 0 Å². The quantitative estimate of drug-likeness (QED) is 0.154. The molecule has 0 amide bonds. The molecule has 0 saturated heterocycles. The number of hydrogen-bond acceptors (Lipinski definition) is 1. The van der Waals surface area contributed by atoms with E-state index in [1.54, 1.807) is 0 Å². The van der Waals surface area contributed by atoms with Gasteiger partial charge in [-0.05, 0) is 115 Å². The van der Waals surface area contributed by atoms with Crippen molar-refractivity contribution in [2.24, 2.45) is 0 Å². The number of para-hydroxylation sites is 3. The summed E-state index contributed by atoms with van der Waals surface area (Å²) in [6.07, 6.45) is 7.96. The largest absolute Gasteiger partial charge is 0.456 e. The van der Waals surface area contributed by atoms with Crippen LogP contribution in [0.1, 0.15) is 29.2 Å². The summed E-state index contributed by atoms with van der Waals surface area (Å²) in [6, 6.07) is 66.5. The van der Waals surface area contributed by atoms with Crippen LogP contribution in [0.4, 0.5) is 0 Å². The molecule has 0 spiro atoms. The predicted octanol–water partition coefficient (Wildman–Crippen LogP) is 16.5. The Bertz CT molecular complexity index is 3120. The van der Waals surface area contributed by atoms with Crippen molar-refractivity contribution in [1.29, 1.82) is 0 Å². The molecule has 60 heavy (non-hydrogen) atoms. The van der Waals surface area contributed by atoms with Crippen molar-refractivity contribution in [3.63, 3.8) is 0 Å². The molecular weight excluding hydrogens is 727 g/mol. The van der Waals surface area contributed by atoms with Crippen LogP contribution in [0.5, 0.6) is 0 Å². The second-order valence-corrected chi connectivity index (χ2v) is 15.1. The fraction of sp³-hybridized carbons (Fsp3) is 0.0690. The fourth-order valence-corrected chi connectivity index (χ4v) is 8.00. The first-order valence-corrected chi connectivity index (χ1v) is 20.6. The normalized spacial score (nSPS) is 11.4. The number of furan rings is 1. The molecule has 2 heteroatoms. The Morgan fingerprint density at radius 3 is 1.87 bits per heavy atom. The molecule has 0 radical (unpaired) electrons. The van der Waals surface area contributed by atoms with Gasteiger partial charge in [0.25, 0.3) is 0 Å². The first kappa shape index (κ1) is 39.4. The Labute approximate surface area is 353 Å². The van der Waals surface area contributed by atoms with Gasteiger partial charge in [0.15, 0.2) is 0 Å². The van der Waals surface area contributed by atoms with E-state index in [-0.39, 0.29) is 0 Å². The lowest BCUT2D eigenvalue weighted by molar-refractivity contribution is 0.669. The highest BCUT2D eigenvalue weighted by atomic mass is 16.3. The van der Waals surface area contributed by atoms with E-state index in [1.807, 2.05) is 55.5 Å². The number of aromatic nitrogens is 1. The molecule has 0 unspecified atom stereocenters. The summed E-state index contributed by atoms with van der Waals surface area (Å²) in [5.41, 5.74) is 16.8. The minimum atomic E-state index is 0.969. The monoisotopic (exact) mass is 775 g/mol. The summed E-state index contributed by atoms with van der Waals surface area (Å²) < 4.78 is 8.11. The van der Waals surface area contributed by atoms with Crippen LogP contribution >= 0.6 is 0 Å². The Balaban J connectivity index is 0.000000147. The van der Waals surface area contributed by atoms with Crippen molar-refractivity contribution in [2.45, 2.75) is 27.7 Å². The first-order chi connectivity index (χ1) is 29.4. The van der Waals surface area contributed by atoms with Gasteiger partial charge in [-0.15, -0.1) is 0 Å². The maximum Gasteiger partial charge on any atom is 0.135 e. The summed E-state index contributed by atoms with van der Waals surface area (Å²) in [7, 11) is 0. The smallest absolute Gasteiger partial charge is 0.135 e. The average molecular weight is 776 g/mol. The molecule has 0 fully saturated rings. The first-order valence-electron chi connectivity index (χ1n) is 20.6. The highest BCUT2D eigenvalue weighted by molar-refractivity contribution is 6.10. The van der Waals surface area contributed by atoms with Gasteiger partial charge in [-0.1, -0.05) is 182 Å². The van der Waals surface area contributed by atoms with Gasteiger partial charge < -0.3 is 8.98 Å². The molecule has 2 heterocycles. The summed E-state index contributed by atoms with van der Waals surface area (Å²) >= 11 is 0. The number of allylic oxidation sites excluding steroid dienone is 5. The van der Waals surface area contributed by atoms with Crippen molar-refractivity contribution < 1.29 is 4.42 Å². The van der Waals surface area contributed by atoms with Crippen LogP contribution in [0.2, 0.25) is 0 Å². The lowest BCUT2D eigenvalue weighted by atomic mass is 9.96. The van der Waals surface area contributed by atoms with Crippen molar-refractivity contribution >= 4 is 49.3 Å². The Hall–Kier alpha value is -7.42. The average Bonchev–Trinajstić information content (AvgIpc) is 3.84. The number of rotatable bonds is 6. The predicted molar refractivity (Wildman–Crippen MR) is 259 cm³/mol. The molecule has 10 aromatic rings. The number of hydrogen-bond donors (Lipinski definition) is 0. The molecule has 292 valence electrons. The zero-order valence-electron chi connectivity index (χ0n) is 34.8. The van der Waals surface area contributed by atoms with Crippen LogP contribution in [-0.4, -0.2) is 4.57 Å². The van der Waals surface area contributed by atoms with E-state index < -0.39 is 0 Å². The van der Waals surface area contributed by atoms with Gasteiger partial charge in [0.1, 0.15) is 11.2 Å². The van der Waals surface area contributed by atoms with Crippen molar-refractivity contribution in [1.82, 2.24) is 4.57 Å². The number of fused-ring (bicyclic) bond motifs is 6. The zero-order chi connectivity index (χ0) is 41.4. The van der Waals surface area contributed by atoms with E-state index in [1.165, 1.54) is 88.3 Å². The lowest BCUT2D eigenvalue weighted by Crippen LogP contribution is -1.93. The molecule has 10 rings (SSSR count). The van der Waals surface area contributed by atoms with Gasteiger partial charge >= 0.3 is 0 Å². The summed E-state index contributed by atoms with van der Waals surface area (Å²) in [5, 5.41) is 5.01. The molecule has 2 nitrogen and oxygen atoms in total. The zero-order valence-corrected chi connectivity index (χ0v) is 34.8. The fourth-order valence-electron chi connectivity index (χ4n) is 8.00. The second-order valence-electron chi connectivity index (χ2n) is 15.1. The Kier molecular flexibility index (Phi) is 11.8. The van der Waals surface area contributed by atoms with Crippen LogP contribution in [0.25, 0.3) is 77.3 Å². The third-order valence-corrected chi connectivity index (χ3v) is 10.8. The van der Waals surface area contributed by atoms with E-state index in [2.05, 4.69) is 196 Å². The van der Waals surface area contributed by atoms with Crippen LogP contribution in [-0.2, 0) is 0 Å². The van der Waals surface area contributed by atoms with Crippen molar-refractivity contribution in [3.8, 4) is 27.9 Å². The van der Waals surface area contributed by atoms with Gasteiger partial charge in [-0.25, -0.2) is 0 Å². The Morgan fingerprint density at radius 1 is 0.500 bits per heavy atom. The number of aryl methyl sites for hydroxylation is 3. The van der Waals surface area contributed by atoms with Crippen LogP contribution in [0.3, 0.4) is 0 Å². The standard InChI is InChI=1S/C31H23N.C14H16.C13H10O/c1-22-18-25(23-10-4-2-5-11-23)20-26(19-22)24-16-17-29-28-14-8-9-15-30(28)32(31(29)21-24)27-12-6-3-7-13-27;1-4-6-13(7-5-2)14-10-8-12(3)9-11-14;1-9-5-4-8-12-13(9)10-6-2-3-7-11(10)14-12/h2-21H,1H3;4-11H,1H2,2-3H3;2-8H,1H3/b;7-5-,13-6+;. The third-order valence-electron chi connectivity index (χ3n) is 10.8. The summed E-state index contributed by atoms with van der Waals surface area (Å²) in [4.78, 5) is 0. The molecule has 0 saturated carbocycles. The van der Waals surface area contributed by atoms with Gasteiger partial charge in [-0.3, -0.25) is 0 Å². The summed E-state index contributed by atoms with van der Waals surface area (Å²) in [6.45, 7) is 12.1. The van der Waals surface area contributed by atoms with E-state index in [0.29, 0.717) is 0 Å². The molecule has 0 aliphatic rings. The maximum absolute atomic E-state index is 5.73. The minimum Gasteiger partial charge on any atom is -0.456 e. The highest BCUT2D eigenvalue weighted by Gasteiger charge is 2.14. The molecular formula is C58H49NO. The van der Waals surface area contributed by atoms with Gasteiger partial charge in [0.05, 0.1) is 11.0 Å². The van der Waals surface area contributed by atoms with E-state index >= 15 is 0 Å². The SMILES string of the molecule is C=C/C=C(\C=C/C)c1ccc(C)cc1.Cc1cc(-c2ccccc2)cc(-c2ccc3c4ccccc4n(-c4ccccc4)c3c2)c1.Cc1cccc2oc3ccccc3c12. The lowest BCUT2D eigenvalue weighted by Gasteiger charge is -2.11. The molecule has 8 aromatic carbocycles. The van der Waals surface area contributed by atoms with Crippen LogP contribution in [0, 0.1) is 20.8 Å². The van der Waals surface area contributed by atoms with Gasteiger partial charge in [0.2, 0.25) is 0 Å². The van der Waals surface area contributed by atoms with Gasteiger partial charge in [-0.2, -0.15) is 0 Å². The molecule has 0 bridgehead atoms. The van der Waals surface area contributed by atoms with Gasteiger partial charge in [0, 0.05) is 27.2 Å². The molecule has 0 N–H and O–H groups in total. The molecule has 0 aliphatic heterocycles. The second kappa shape index (κ2) is 18.0. The topological polar surface area (TPSA) is 18.1 Å². The van der Waals surface area contributed by atoms with E-state index in [9.17, 15) is 0 Å². The third kappa shape index (κ3) is 8.41. The van der Waals surface area contributed by atoms with Crippen molar-refractivity contribution in [3.05, 3.63) is 241 Å². The molecule has 0 aliphatic carbocycles. The van der Waals surface area contributed by atoms with E-state index in [4.69, 9.17) is 4.42 Å². The maximum atomic E-state index is 5.73. The molecule has 2 aromatic heterocycles. The number of benzene rings is 8. The highest BCUT2D eigenvalue weighted by Crippen LogP contribution is 2.36. The molecule has 0 atom stereocenters. The minimum absolute atomic E-state index is 0.969. The van der Waals surface area contributed by atoms with Crippen molar-refractivity contribution in [2.75, 3.05) is 0 Å².